The van der Waals surface area contributed by atoms with Gasteiger partial charge in [0.1, 0.15) is 5.75 Å². The number of hydrogen-bond acceptors (Lipinski definition) is 6. The molecule has 0 spiro atoms. The number of nitrogens with one attached hydrogen (secondary N) is 1. The average molecular weight is 408 g/mol. The van der Waals surface area contributed by atoms with Crippen molar-refractivity contribution >= 4 is 35.3 Å². The van der Waals surface area contributed by atoms with Crippen molar-refractivity contribution in [2.24, 2.45) is 4.99 Å². The lowest BCUT2D eigenvalue weighted by atomic mass is 10.1. The predicted octanol–water partition coefficient (Wildman–Crippen LogP) is 1.86. The van der Waals surface area contributed by atoms with Gasteiger partial charge in [-0.1, -0.05) is 0 Å². The summed E-state index contributed by atoms with van der Waals surface area (Å²) in [6, 6.07) is 10.4. The van der Waals surface area contributed by atoms with Crippen LogP contribution in [-0.4, -0.2) is 66.9 Å². The van der Waals surface area contributed by atoms with Gasteiger partial charge >= 0.3 is 11.9 Å². The molecule has 2 heterocycles. The number of Topliss-reactive ketones (excluding diaryl/α,β-unsaturated/α-hetero) is 1. The van der Waals surface area contributed by atoms with E-state index >= 15 is 0 Å². The second-order valence-electron chi connectivity index (χ2n) is 6.95. The van der Waals surface area contributed by atoms with E-state index in [0.29, 0.717) is 49.9 Å². The fraction of sp³-hybridized carbons (Fsp3) is 0.238. The lowest BCUT2D eigenvalue weighted by Crippen LogP contribution is -2.45. The van der Waals surface area contributed by atoms with E-state index in [1.54, 1.807) is 24.3 Å². The zero-order valence-electron chi connectivity index (χ0n) is 16.1. The summed E-state index contributed by atoms with van der Waals surface area (Å²) in [5, 5.41) is 11.9. The van der Waals surface area contributed by atoms with Crippen LogP contribution in [0.4, 0.5) is 16.2 Å². The third-order valence-corrected chi connectivity index (χ3v) is 4.89. The molecule has 0 atom stereocenters. The molecule has 0 radical (unpaired) electrons. The number of ether oxygens (including phenoxy) is 1. The van der Waals surface area contributed by atoms with E-state index in [9.17, 15) is 19.5 Å². The van der Waals surface area contributed by atoms with Crippen LogP contribution in [0.5, 0.6) is 5.75 Å². The Hall–Kier alpha value is -3.56. The number of carbonyl (C=O) groups is 3. The molecule has 9 heteroatoms. The molecule has 154 valence electrons. The van der Waals surface area contributed by atoms with Crippen molar-refractivity contribution in [2.45, 2.75) is 0 Å². The number of aliphatic imine (C=N–C) groups is 1. The highest BCUT2D eigenvalue weighted by atomic mass is 16.5. The van der Waals surface area contributed by atoms with Crippen molar-refractivity contribution in [3.63, 3.8) is 0 Å². The highest BCUT2D eigenvalue weighted by molar-refractivity contribution is 6.52. The van der Waals surface area contributed by atoms with E-state index in [-0.39, 0.29) is 11.3 Å². The van der Waals surface area contributed by atoms with Gasteiger partial charge in [0, 0.05) is 25.0 Å². The van der Waals surface area contributed by atoms with Crippen LogP contribution in [0, 0.1) is 0 Å². The largest absolute Gasteiger partial charge is 0.508 e. The molecule has 0 unspecified atom stereocenters. The number of aromatic hydroxyl groups is 1. The molecule has 3 amide bonds. The van der Waals surface area contributed by atoms with Gasteiger partial charge in [0.05, 0.1) is 31.1 Å². The number of hydrogen-bond donors (Lipinski definition) is 2. The Morgan fingerprint density at radius 2 is 1.87 bits per heavy atom. The van der Waals surface area contributed by atoms with Crippen LogP contribution in [0.2, 0.25) is 0 Å². The van der Waals surface area contributed by atoms with Crippen LogP contribution >= 0.6 is 0 Å². The fourth-order valence-corrected chi connectivity index (χ4v) is 3.31. The van der Waals surface area contributed by atoms with Gasteiger partial charge in [-0.3, -0.25) is 19.4 Å². The topological polar surface area (TPSA) is 112 Å². The Labute approximate surface area is 172 Å². The quantitative estimate of drug-likeness (QED) is 0.590. The monoisotopic (exact) mass is 408 g/mol. The van der Waals surface area contributed by atoms with Gasteiger partial charge < -0.3 is 15.2 Å². The first-order valence-corrected chi connectivity index (χ1v) is 9.46. The maximum Gasteiger partial charge on any atom is 0.345 e. The molecule has 2 N–H and O–H groups in total. The molecule has 2 aliphatic rings. The van der Waals surface area contributed by atoms with E-state index in [1.165, 1.54) is 29.3 Å². The number of rotatable bonds is 4. The van der Waals surface area contributed by atoms with E-state index < -0.39 is 17.7 Å². The number of phenolic OH excluding ortho intramolecular Hbond substituents is 1. The van der Waals surface area contributed by atoms with Crippen LogP contribution in [0.1, 0.15) is 15.9 Å². The summed E-state index contributed by atoms with van der Waals surface area (Å²) in [5.74, 6) is -1.05. The van der Waals surface area contributed by atoms with Crippen molar-refractivity contribution in [3.8, 4) is 5.75 Å². The second kappa shape index (κ2) is 8.44. The Kier molecular flexibility index (Phi) is 5.55. The maximum absolute atomic E-state index is 12.4. The Morgan fingerprint density at radius 1 is 1.13 bits per heavy atom. The molecule has 1 saturated heterocycles. The first-order valence-electron chi connectivity index (χ1n) is 9.46. The first kappa shape index (κ1) is 19.7. The summed E-state index contributed by atoms with van der Waals surface area (Å²) >= 11 is 0. The molecule has 0 saturated carbocycles. The molecule has 30 heavy (non-hydrogen) atoms. The lowest BCUT2D eigenvalue weighted by Gasteiger charge is -2.30. The summed E-state index contributed by atoms with van der Waals surface area (Å²) in [7, 11) is 0. The minimum atomic E-state index is -0.620. The van der Waals surface area contributed by atoms with Gasteiger partial charge in [-0.2, -0.15) is 0 Å². The number of urea groups is 1. The van der Waals surface area contributed by atoms with Gasteiger partial charge in [0.15, 0.2) is 0 Å². The van der Waals surface area contributed by atoms with Gasteiger partial charge in [0.2, 0.25) is 0 Å². The van der Waals surface area contributed by atoms with Crippen molar-refractivity contribution in [3.05, 3.63) is 53.6 Å². The predicted molar refractivity (Wildman–Crippen MR) is 110 cm³/mol. The normalized spacial score (nSPS) is 16.9. The van der Waals surface area contributed by atoms with Gasteiger partial charge in [-0.25, -0.2) is 9.79 Å². The Morgan fingerprint density at radius 3 is 2.60 bits per heavy atom. The van der Waals surface area contributed by atoms with E-state index in [1.807, 2.05) is 0 Å². The van der Waals surface area contributed by atoms with Crippen molar-refractivity contribution in [1.29, 1.82) is 0 Å². The average Bonchev–Trinajstić information content (AvgIpc) is 2.99. The molecular formula is C21H20N4O5. The maximum atomic E-state index is 12.4. The fourth-order valence-electron chi connectivity index (χ4n) is 3.31. The van der Waals surface area contributed by atoms with Crippen LogP contribution in [0.25, 0.3) is 0 Å². The van der Waals surface area contributed by atoms with E-state index in [4.69, 9.17) is 4.74 Å². The minimum Gasteiger partial charge on any atom is -0.508 e. The molecule has 1 fully saturated rings. The Balaban J connectivity index is 1.45. The number of ketones is 1. The summed E-state index contributed by atoms with van der Waals surface area (Å²) in [4.78, 5) is 44.3. The summed E-state index contributed by atoms with van der Waals surface area (Å²) in [5.41, 5.74) is 1.81. The lowest BCUT2D eigenvalue weighted by molar-refractivity contribution is -0.114. The SMILES string of the molecule is O=C(/N=C/c1ccc(O)cc1)Nc1ccc2c(c1)C(=O)C(=O)N2CN1CCOCC1. The molecule has 9 nitrogen and oxygen atoms in total. The zero-order chi connectivity index (χ0) is 21.1. The molecule has 0 bridgehead atoms. The molecule has 0 aromatic heterocycles. The Bertz CT molecular complexity index is 1010. The van der Waals surface area contributed by atoms with Crippen molar-refractivity contribution < 1.29 is 24.2 Å². The smallest absolute Gasteiger partial charge is 0.345 e. The zero-order valence-corrected chi connectivity index (χ0v) is 16.1. The molecule has 4 rings (SSSR count). The first-order chi connectivity index (χ1) is 14.5. The van der Waals surface area contributed by atoms with Crippen LogP contribution in [0.3, 0.4) is 0 Å². The number of morpholine rings is 1. The number of benzene rings is 2. The number of anilines is 2. The third kappa shape index (κ3) is 4.22. The molecule has 2 aromatic carbocycles. The molecule has 2 aromatic rings. The number of nitrogens with zero attached hydrogens (tertiary/aromatic N) is 3. The number of fused-ring (bicyclic) bond motifs is 1. The van der Waals surface area contributed by atoms with E-state index in [2.05, 4.69) is 15.2 Å². The van der Waals surface area contributed by atoms with Gasteiger partial charge in [0.25, 0.3) is 5.78 Å². The molecule has 2 aliphatic heterocycles. The van der Waals surface area contributed by atoms with E-state index in [0.717, 1.165) is 0 Å². The van der Waals surface area contributed by atoms with Crippen LogP contribution < -0.4 is 10.2 Å². The highest BCUT2D eigenvalue weighted by Crippen LogP contribution is 2.31. The molecule has 0 aliphatic carbocycles. The van der Waals surface area contributed by atoms with Crippen LogP contribution in [0.15, 0.2) is 47.5 Å². The van der Waals surface area contributed by atoms with Crippen LogP contribution in [-0.2, 0) is 9.53 Å². The third-order valence-electron chi connectivity index (χ3n) is 4.89. The summed E-state index contributed by atoms with van der Waals surface area (Å²) < 4.78 is 5.31. The van der Waals surface area contributed by atoms with Crippen molar-refractivity contribution in [1.82, 2.24) is 4.90 Å². The highest BCUT2D eigenvalue weighted by Gasteiger charge is 2.37. The molecular weight excluding hydrogens is 388 g/mol. The van der Waals surface area contributed by atoms with Crippen molar-refractivity contribution in [2.75, 3.05) is 43.2 Å². The number of carbonyl (C=O) groups excluding carboxylic acids is 3. The summed E-state index contributed by atoms with van der Waals surface area (Å²) in [6.45, 7) is 2.90. The van der Waals surface area contributed by atoms with Gasteiger partial charge in [-0.05, 0) is 48.0 Å². The standard InChI is InChI=1S/C21H20N4O5/c26-16-4-1-14(2-5-16)12-22-21(29)23-15-3-6-18-17(11-15)19(27)20(28)25(18)13-24-7-9-30-10-8-24/h1-6,11-12,26H,7-10,13H2,(H,23,29)/b22-12+. The number of amides is 3. The minimum absolute atomic E-state index is 0.122. The second-order valence-corrected chi connectivity index (χ2v) is 6.95. The van der Waals surface area contributed by atoms with Gasteiger partial charge in [-0.15, -0.1) is 0 Å². The number of phenols is 1. The summed E-state index contributed by atoms with van der Waals surface area (Å²) in [6.07, 6.45) is 1.36.